The molecule has 0 saturated carbocycles. The van der Waals surface area contributed by atoms with Gasteiger partial charge in [-0.2, -0.15) is 0 Å². The molecule has 1 aliphatic heterocycles. The molecule has 0 aliphatic carbocycles. The van der Waals surface area contributed by atoms with Crippen LogP contribution in [0.5, 0.6) is 5.75 Å². The molecule has 0 saturated heterocycles. The summed E-state index contributed by atoms with van der Waals surface area (Å²) in [6, 6.07) is 11.8. The van der Waals surface area contributed by atoms with Gasteiger partial charge in [0.15, 0.2) is 5.70 Å². The van der Waals surface area contributed by atoms with Crippen molar-refractivity contribution in [1.82, 2.24) is 0 Å². The maximum atomic E-state index is 12.1. The van der Waals surface area contributed by atoms with Gasteiger partial charge in [-0.3, -0.25) is 0 Å². The number of phenols is 1. The Morgan fingerprint density at radius 2 is 1.88 bits per heavy atom. The van der Waals surface area contributed by atoms with E-state index in [1.54, 1.807) is 24.3 Å². The van der Waals surface area contributed by atoms with Gasteiger partial charge in [0.2, 0.25) is 5.90 Å². The topological polar surface area (TPSA) is 58.9 Å². The molecular weight excluding hydrogens is 381 g/mol. The first-order valence-electron chi connectivity index (χ1n) is 7.21. The number of fused-ring (bicyclic) bond motifs is 1. The van der Waals surface area contributed by atoms with Crippen molar-refractivity contribution in [3.63, 3.8) is 0 Å². The minimum Gasteiger partial charge on any atom is -0.508 e. The van der Waals surface area contributed by atoms with Gasteiger partial charge in [0.1, 0.15) is 10.6 Å². The number of esters is 1. The lowest BCUT2D eigenvalue weighted by atomic mass is 10.2. The fraction of sp³-hybridized carbons (Fsp3) is 0. The summed E-state index contributed by atoms with van der Waals surface area (Å²) in [4.78, 5) is 17.0. The number of rotatable bonds is 2. The van der Waals surface area contributed by atoms with Gasteiger partial charge >= 0.3 is 5.97 Å². The van der Waals surface area contributed by atoms with Gasteiger partial charge in [-0.1, -0.05) is 41.4 Å². The number of halogens is 2. The summed E-state index contributed by atoms with van der Waals surface area (Å²) in [6.45, 7) is 0. The number of nitrogens with zero attached hydrogens (tertiary/aromatic N) is 1. The Labute approximate surface area is 156 Å². The van der Waals surface area contributed by atoms with Crippen LogP contribution < -0.4 is 0 Å². The van der Waals surface area contributed by atoms with E-state index in [-0.39, 0.29) is 17.3 Å². The Morgan fingerprint density at radius 1 is 1.12 bits per heavy atom. The molecule has 3 aromatic rings. The molecule has 0 fully saturated rings. The molecule has 0 amide bonds. The monoisotopic (exact) mass is 389 g/mol. The van der Waals surface area contributed by atoms with Crippen LogP contribution in [0.15, 0.2) is 53.2 Å². The third-order valence-electron chi connectivity index (χ3n) is 3.60. The van der Waals surface area contributed by atoms with Gasteiger partial charge in [0.05, 0.1) is 5.02 Å². The largest absolute Gasteiger partial charge is 0.508 e. The van der Waals surface area contributed by atoms with E-state index < -0.39 is 5.97 Å². The Bertz CT molecular complexity index is 1070. The van der Waals surface area contributed by atoms with Crippen LogP contribution in [-0.2, 0) is 9.53 Å². The Hall–Kier alpha value is -2.34. The van der Waals surface area contributed by atoms with E-state index in [1.807, 2.05) is 12.1 Å². The highest BCUT2D eigenvalue weighted by molar-refractivity contribution is 7.21. The molecule has 4 nitrogen and oxygen atoms in total. The molecule has 25 heavy (non-hydrogen) atoms. The lowest BCUT2D eigenvalue weighted by molar-refractivity contribution is -0.129. The number of benzene rings is 2. The zero-order chi connectivity index (χ0) is 17.6. The second kappa shape index (κ2) is 6.19. The summed E-state index contributed by atoms with van der Waals surface area (Å²) < 4.78 is 6.17. The van der Waals surface area contributed by atoms with Gasteiger partial charge in [0.25, 0.3) is 0 Å². The standard InChI is InChI=1S/C18H9Cl2NO3S/c19-10-3-6-12-14(8-10)25-16(15(12)20)17-21-13(18(23)24-17)7-9-1-4-11(22)5-2-9/h1-8,22H/b13-7+. The first kappa shape index (κ1) is 16.1. The van der Waals surface area contributed by atoms with Gasteiger partial charge in [-0.25, -0.2) is 9.79 Å². The molecular formula is C18H9Cl2NO3S. The fourth-order valence-corrected chi connectivity index (χ4v) is 4.13. The van der Waals surface area contributed by atoms with Crippen molar-refractivity contribution in [3.8, 4) is 5.75 Å². The van der Waals surface area contributed by atoms with E-state index in [9.17, 15) is 9.90 Å². The predicted molar refractivity (Wildman–Crippen MR) is 101 cm³/mol. The Balaban J connectivity index is 1.75. The van der Waals surface area contributed by atoms with E-state index in [0.29, 0.717) is 14.9 Å². The highest BCUT2D eigenvalue weighted by atomic mass is 35.5. The lowest BCUT2D eigenvalue weighted by Gasteiger charge is -1.95. The SMILES string of the molecule is O=C1OC(c2sc3cc(Cl)ccc3c2Cl)=N/C1=C/c1ccc(O)cc1. The minimum atomic E-state index is -0.547. The maximum Gasteiger partial charge on any atom is 0.363 e. The summed E-state index contributed by atoms with van der Waals surface area (Å²) in [6.07, 6.45) is 1.59. The smallest absolute Gasteiger partial charge is 0.363 e. The van der Waals surface area contributed by atoms with Gasteiger partial charge < -0.3 is 9.84 Å². The number of aliphatic imine (C=N–C) groups is 1. The Morgan fingerprint density at radius 3 is 2.64 bits per heavy atom. The number of thiophene rings is 1. The molecule has 4 rings (SSSR count). The number of carbonyl (C=O) groups is 1. The second-order valence-electron chi connectivity index (χ2n) is 5.31. The molecule has 0 bridgehead atoms. The van der Waals surface area contributed by atoms with E-state index in [2.05, 4.69) is 4.99 Å². The molecule has 0 radical (unpaired) electrons. The van der Waals surface area contributed by atoms with E-state index >= 15 is 0 Å². The Kier molecular flexibility index (Phi) is 4.00. The summed E-state index contributed by atoms with van der Waals surface area (Å²) in [5, 5.41) is 11.2. The summed E-state index contributed by atoms with van der Waals surface area (Å²) in [5.74, 6) is -0.219. The number of phenolic OH excluding ortho intramolecular Hbond substituents is 1. The molecule has 1 aromatic heterocycles. The van der Waals surface area contributed by atoms with E-state index in [4.69, 9.17) is 27.9 Å². The average molecular weight is 390 g/mol. The number of hydrogen-bond acceptors (Lipinski definition) is 5. The van der Waals surface area contributed by atoms with Crippen LogP contribution >= 0.6 is 34.5 Å². The predicted octanol–water partition coefficient (Wildman–Crippen LogP) is 5.26. The van der Waals surface area contributed by atoms with Crippen molar-refractivity contribution in [1.29, 1.82) is 0 Å². The summed E-state index contributed by atoms with van der Waals surface area (Å²) in [5.41, 5.74) is 0.899. The van der Waals surface area contributed by atoms with Gasteiger partial charge in [0, 0.05) is 15.1 Å². The number of ether oxygens (including phenoxy) is 1. The molecule has 124 valence electrons. The van der Waals surface area contributed by atoms with E-state index in [0.717, 1.165) is 15.6 Å². The van der Waals surface area contributed by atoms with Crippen LogP contribution in [0.4, 0.5) is 0 Å². The second-order valence-corrected chi connectivity index (χ2v) is 7.18. The summed E-state index contributed by atoms with van der Waals surface area (Å²) >= 11 is 13.8. The first-order chi connectivity index (χ1) is 12.0. The molecule has 7 heteroatoms. The third-order valence-corrected chi connectivity index (χ3v) is 5.48. The average Bonchev–Trinajstić information content (AvgIpc) is 3.10. The van der Waals surface area contributed by atoms with Crippen molar-refractivity contribution < 1.29 is 14.6 Å². The van der Waals surface area contributed by atoms with Crippen LogP contribution in [-0.4, -0.2) is 17.0 Å². The normalized spacial score (nSPS) is 15.7. The highest BCUT2D eigenvalue weighted by Gasteiger charge is 2.28. The number of aromatic hydroxyl groups is 1. The zero-order valence-corrected chi connectivity index (χ0v) is 14.8. The van der Waals surface area contributed by atoms with Crippen LogP contribution in [0.25, 0.3) is 16.2 Å². The van der Waals surface area contributed by atoms with Gasteiger partial charge in [-0.15, -0.1) is 11.3 Å². The molecule has 1 aliphatic rings. The van der Waals surface area contributed by atoms with Crippen LogP contribution in [0.1, 0.15) is 10.4 Å². The van der Waals surface area contributed by atoms with Crippen molar-refractivity contribution in [2.45, 2.75) is 0 Å². The van der Waals surface area contributed by atoms with E-state index in [1.165, 1.54) is 23.5 Å². The van der Waals surface area contributed by atoms with Gasteiger partial charge in [-0.05, 0) is 35.9 Å². The van der Waals surface area contributed by atoms with Crippen molar-refractivity contribution in [2.75, 3.05) is 0 Å². The van der Waals surface area contributed by atoms with Crippen molar-refractivity contribution in [2.24, 2.45) is 4.99 Å². The van der Waals surface area contributed by atoms with Crippen molar-refractivity contribution in [3.05, 3.63) is 68.6 Å². The zero-order valence-electron chi connectivity index (χ0n) is 12.5. The highest BCUT2D eigenvalue weighted by Crippen LogP contribution is 2.38. The molecule has 0 atom stereocenters. The third kappa shape index (κ3) is 3.02. The number of carbonyl (C=O) groups excluding carboxylic acids is 1. The first-order valence-corrected chi connectivity index (χ1v) is 8.78. The molecule has 0 unspecified atom stereocenters. The number of hydrogen-bond donors (Lipinski definition) is 1. The van der Waals surface area contributed by atoms with Crippen LogP contribution in [0.3, 0.4) is 0 Å². The lowest BCUT2D eigenvalue weighted by Crippen LogP contribution is -2.04. The molecule has 2 aromatic carbocycles. The van der Waals surface area contributed by atoms with Crippen LogP contribution in [0.2, 0.25) is 10.0 Å². The number of cyclic esters (lactones) is 1. The maximum absolute atomic E-state index is 12.1. The quantitative estimate of drug-likeness (QED) is 0.480. The van der Waals surface area contributed by atoms with Crippen LogP contribution in [0, 0.1) is 0 Å². The molecule has 1 N–H and O–H groups in total. The molecule has 2 heterocycles. The van der Waals surface area contributed by atoms with Crippen molar-refractivity contribution >= 4 is 62.6 Å². The minimum absolute atomic E-state index is 0.149. The summed E-state index contributed by atoms with van der Waals surface area (Å²) in [7, 11) is 0. The fourth-order valence-electron chi connectivity index (χ4n) is 2.41. The molecule has 0 spiro atoms.